The molecule has 0 atom stereocenters. The van der Waals surface area contributed by atoms with Crippen molar-refractivity contribution in [3.8, 4) is 0 Å². The number of nitrogens with two attached hydrogens (primary N) is 1. The summed E-state index contributed by atoms with van der Waals surface area (Å²) in [4.78, 5) is 4.64. The van der Waals surface area contributed by atoms with Gasteiger partial charge in [-0.05, 0) is 44.2 Å². The molecule has 90 valence electrons. The third-order valence-corrected chi connectivity index (χ3v) is 4.13. The molecular weight excluding hydrogens is 220 g/mol. The fourth-order valence-electron chi connectivity index (χ4n) is 2.17. The van der Waals surface area contributed by atoms with E-state index in [-0.39, 0.29) is 0 Å². The summed E-state index contributed by atoms with van der Waals surface area (Å²) in [6.45, 7) is 2.74. The Morgan fingerprint density at radius 1 is 1.44 bits per heavy atom. The van der Waals surface area contributed by atoms with Gasteiger partial charge in [-0.2, -0.15) is 11.8 Å². The van der Waals surface area contributed by atoms with Gasteiger partial charge in [0.25, 0.3) is 0 Å². The Bertz CT molecular complexity index is 332. The molecule has 2 rings (SSSR count). The van der Waals surface area contributed by atoms with Gasteiger partial charge in [-0.25, -0.2) is 4.98 Å². The minimum atomic E-state index is 0.622. The van der Waals surface area contributed by atoms with E-state index in [9.17, 15) is 0 Å². The largest absolute Gasteiger partial charge is 0.446 e. The lowest BCUT2D eigenvalue weighted by atomic mass is 9.98. The predicted octanol–water partition coefficient (Wildman–Crippen LogP) is 2.48. The molecule has 1 aliphatic heterocycles. The van der Waals surface area contributed by atoms with Crippen molar-refractivity contribution in [3.05, 3.63) is 17.3 Å². The van der Waals surface area contributed by atoms with E-state index in [1.165, 1.54) is 30.0 Å². The smallest absolute Gasteiger partial charge is 0.194 e. The molecule has 2 N–H and O–H groups in total. The highest BCUT2D eigenvalue weighted by molar-refractivity contribution is 7.99. The van der Waals surface area contributed by atoms with Crippen molar-refractivity contribution in [2.24, 2.45) is 5.73 Å². The molecule has 3 nitrogen and oxygen atoms in total. The molecule has 1 aromatic rings. The maximum atomic E-state index is 5.70. The van der Waals surface area contributed by atoms with Crippen LogP contribution in [0.25, 0.3) is 0 Å². The second kappa shape index (κ2) is 5.73. The summed E-state index contributed by atoms with van der Waals surface area (Å²) in [6.07, 6.45) is 4.32. The van der Waals surface area contributed by atoms with Crippen molar-refractivity contribution in [1.82, 2.24) is 4.98 Å². The number of hydrogen-bond donors (Lipinski definition) is 1. The molecule has 4 heteroatoms. The van der Waals surface area contributed by atoms with Crippen LogP contribution >= 0.6 is 11.8 Å². The van der Waals surface area contributed by atoms with Crippen LogP contribution in [0.1, 0.15) is 42.5 Å². The van der Waals surface area contributed by atoms with Gasteiger partial charge in [-0.15, -0.1) is 0 Å². The second-order valence-corrected chi connectivity index (χ2v) is 5.55. The number of rotatable bonds is 4. The molecule has 0 spiro atoms. The maximum Gasteiger partial charge on any atom is 0.194 e. The molecular formula is C12H20N2OS. The lowest BCUT2D eigenvalue weighted by molar-refractivity contribution is 0.463. The zero-order valence-electron chi connectivity index (χ0n) is 9.87. The first-order chi connectivity index (χ1) is 7.81. The van der Waals surface area contributed by atoms with Gasteiger partial charge in [0.1, 0.15) is 5.76 Å². The molecule has 0 amide bonds. The number of nitrogens with zero attached hydrogens (tertiary/aromatic N) is 1. The van der Waals surface area contributed by atoms with Gasteiger partial charge in [0.2, 0.25) is 0 Å². The van der Waals surface area contributed by atoms with E-state index in [1.807, 2.05) is 18.7 Å². The van der Waals surface area contributed by atoms with Crippen molar-refractivity contribution in [2.75, 3.05) is 18.1 Å². The summed E-state index contributed by atoms with van der Waals surface area (Å²) in [5.41, 5.74) is 6.69. The first kappa shape index (κ1) is 12.0. The zero-order valence-corrected chi connectivity index (χ0v) is 10.7. The van der Waals surface area contributed by atoms with E-state index in [0.717, 1.165) is 24.5 Å². The molecule has 0 unspecified atom stereocenters. The van der Waals surface area contributed by atoms with Gasteiger partial charge in [0.15, 0.2) is 5.89 Å². The minimum absolute atomic E-state index is 0.622. The van der Waals surface area contributed by atoms with E-state index < -0.39 is 0 Å². The lowest BCUT2D eigenvalue weighted by Gasteiger charge is -2.19. The summed E-state index contributed by atoms with van der Waals surface area (Å²) in [5.74, 6) is 5.03. The highest BCUT2D eigenvalue weighted by Crippen LogP contribution is 2.32. The Hall–Kier alpha value is -0.480. The molecule has 0 saturated carbocycles. The fourth-order valence-corrected chi connectivity index (χ4v) is 3.28. The van der Waals surface area contributed by atoms with Gasteiger partial charge in [0.05, 0.1) is 5.69 Å². The molecule has 1 aliphatic rings. The van der Waals surface area contributed by atoms with Crippen molar-refractivity contribution in [3.63, 3.8) is 0 Å². The number of aryl methyl sites for hydroxylation is 2. The van der Waals surface area contributed by atoms with Gasteiger partial charge in [0, 0.05) is 12.3 Å². The first-order valence-corrected chi connectivity index (χ1v) is 7.20. The van der Waals surface area contributed by atoms with Crippen LogP contribution in [-0.4, -0.2) is 23.0 Å². The van der Waals surface area contributed by atoms with Crippen LogP contribution in [0.15, 0.2) is 4.42 Å². The van der Waals surface area contributed by atoms with Crippen molar-refractivity contribution in [1.29, 1.82) is 0 Å². The topological polar surface area (TPSA) is 52.0 Å². The second-order valence-electron chi connectivity index (χ2n) is 4.33. The van der Waals surface area contributed by atoms with Gasteiger partial charge in [-0.3, -0.25) is 0 Å². The normalized spacial score (nSPS) is 17.9. The van der Waals surface area contributed by atoms with E-state index in [2.05, 4.69) is 4.98 Å². The standard InChI is InChI=1S/C12H20N2OS/c1-9-12(10-4-7-16-8-5-10)14-11(15-9)3-2-6-13/h10H,2-8,13H2,1H3. The van der Waals surface area contributed by atoms with Crippen LogP contribution in [0.5, 0.6) is 0 Å². The van der Waals surface area contributed by atoms with Crippen molar-refractivity contribution < 1.29 is 4.42 Å². The summed E-state index contributed by atoms with van der Waals surface area (Å²) in [7, 11) is 0. The monoisotopic (exact) mass is 240 g/mol. The van der Waals surface area contributed by atoms with Gasteiger partial charge >= 0.3 is 0 Å². The van der Waals surface area contributed by atoms with Crippen molar-refractivity contribution >= 4 is 11.8 Å². The van der Waals surface area contributed by atoms with Crippen molar-refractivity contribution in [2.45, 2.75) is 38.5 Å². The summed E-state index contributed by atoms with van der Waals surface area (Å²) in [6, 6.07) is 0. The average molecular weight is 240 g/mol. The minimum Gasteiger partial charge on any atom is -0.446 e. The van der Waals surface area contributed by atoms with E-state index in [0.29, 0.717) is 12.5 Å². The molecule has 1 aromatic heterocycles. The molecule has 1 fully saturated rings. The van der Waals surface area contributed by atoms with Crippen LogP contribution in [0, 0.1) is 6.92 Å². The van der Waals surface area contributed by atoms with Crippen LogP contribution in [-0.2, 0) is 6.42 Å². The molecule has 2 heterocycles. The van der Waals surface area contributed by atoms with E-state index in [1.54, 1.807) is 0 Å². The van der Waals surface area contributed by atoms with Crippen LogP contribution in [0.2, 0.25) is 0 Å². The third-order valence-electron chi connectivity index (χ3n) is 3.08. The van der Waals surface area contributed by atoms with Crippen LogP contribution in [0.3, 0.4) is 0 Å². The summed E-state index contributed by atoms with van der Waals surface area (Å²) >= 11 is 2.04. The molecule has 1 saturated heterocycles. The average Bonchev–Trinajstić information content (AvgIpc) is 2.69. The molecule has 0 radical (unpaired) electrons. The van der Waals surface area contributed by atoms with Gasteiger partial charge < -0.3 is 10.2 Å². The summed E-state index contributed by atoms with van der Waals surface area (Å²) < 4.78 is 5.70. The molecule has 0 bridgehead atoms. The highest BCUT2D eigenvalue weighted by atomic mass is 32.2. The lowest BCUT2D eigenvalue weighted by Crippen LogP contribution is -2.09. The molecule has 16 heavy (non-hydrogen) atoms. The number of oxazole rings is 1. The summed E-state index contributed by atoms with van der Waals surface area (Å²) in [5, 5.41) is 0. The van der Waals surface area contributed by atoms with E-state index >= 15 is 0 Å². The number of aromatic nitrogens is 1. The Morgan fingerprint density at radius 3 is 2.88 bits per heavy atom. The van der Waals surface area contributed by atoms with Crippen LogP contribution < -0.4 is 5.73 Å². The van der Waals surface area contributed by atoms with E-state index in [4.69, 9.17) is 10.2 Å². The predicted molar refractivity (Wildman–Crippen MR) is 67.9 cm³/mol. The van der Waals surface area contributed by atoms with Gasteiger partial charge in [-0.1, -0.05) is 0 Å². The number of thioether (sulfide) groups is 1. The molecule has 0 aliphatic carbocycles. The Kier molecular flexibility index (Phi) is 4.29. The zero-order chi connectivity index (χ0) is 11.4. The SMILES string of the molecule is Cc1oc(CCCN)nc1C1CCSCC1. The third kappa shape index (κ3) is 2.80. The first-order valence-electron chi connectivity index (χ1n) is 6.05. The Balaban J connectivity index is 2.04. The molecule has 0 aromatic carbocycles. The maximum absolute atomic E-state index is 5.70. The quantitative estimate of drug-likeness (QED) is 0.878. The number of hydrogen-bond acceptors (Lipinski definition) is 4. The van der Waals surface area contributed by atoms with Crippen LogP contribution in [0.4, 0.5) is 0 Å². The fraction of sp³-hybridized carbons (Fsp3) is 0.750. The highest BCUT2D eigenvalue weighted by Gasteiger charge is 2.22. The Labute approximate surface area is 101 Å². The Morgan fingerprint density at radius 2 is 2.19 bits per heavy atom.